The Morgan fingerprint density at radius 2 is 1.88 bits per heavy atom. The van der Waals surface area contributed by atoms with Crippen LogP contribution in [0.3, 0.4) is 0 Å². The zero-order valence-corrected chi connectivity index (χ0v) is 22.5. The van der Waals surface area contributed by atoms with Crippen LogP contribution in [-0.2, 0) is 20.7 Å². The van der Waals surface area contributed by atoms with Crippen molar-refractivity contribution in [2.45, 2.75) is 37.8 Å². The van der Waals surface area contributed by atoms with Crippen LogP contribution in [0.2, 0.25) is 0 Å². The van der Waals surface area contributed by atoms with Crippen LogP contribution in [0.1, 0.15) is 41.3 Å². The molecule has 10 nitrogen and oxygen atoms in total. The summed E-state index contributed by atoms with van der Waals surface area (Å²) in [7, 11) is 3.34. The fourth-order valence-corrected chi connectivity index (χ4v) is 6.63. The van der Waals surface area contributed by atoms with Gasteiger partial charge in [0.15, 0.2) is 5.78 Å². The summed E-state index contributed by atoms with van der Waals surface area (Å²) in [6.45, 7) is 1.94. The van der Waals surface area contributed by atoms with Crippen molar-refractivity contribution in [1.29, 1.82) is 0 Å². The van der Waals surface area contributed by atoms with Crippen LogP contribution in [0.5, 0.6) is 5.75 Å². The third-order valence-electron chi connectivity index (χ3n) is 8.39. The largest absolute Gasteiger partial charge is 0.510 e. The van der Waals surface area contributed by atoms with Gasteiger partial charge in [-0.3, -0.25) is 14.5 Å². The van der Waals surface area contributed by atoms with Gasteiger partial charge in [-0.2, -0.15) is 0 Å². The van der Waals surface area contributed by atoms with Gasteiger partial charge in [-0.1, -0.05) is 18.2 Å². The molecule has 5 rings (SSSR count). The Hall–Kier alpha value is -4.15. The second kappa shape index (κ2) is 9.79. The number of ketones is 1. The minimum Gasteiger partial charge on any atom is -0.510 e. The fraction of sp³-hybridized carbons (Fsp3) is 0.367. The van der Waals surface area contributed by atoms with Gasteiger partial charge in [-0.15, -0.1) is 0 Å². The van der Waals surface area contributed by atoms with Crippen LogP contribution in [0, 0.1) is 11.8 Å². The molecule has 0 aromatic heterocycles. The number of fused-ring (bicyclic) bond motifs is 3. The van der Waals surface area contributed by atoms with Crippen molar-refractivity contribution in [3.63, 3.8) is 0 Å². The first-order chi connectivity index (χ1) is 18.9. The maximum Gasteiger partial charge on any atom is 0.338 e. The van der Waals surface area contributed by atoms with Crippen LogP contribution in [-0.4, -0.2) is 75.3 Å². The van der Waals surface area contributed by atoms with Crippen molar-refractivity contribution in [3.05, 3.63) is 70.0 Å². The number of aromatic hydroxyl groups is 1. The average Bonchev–Trinajstić information content (AvgIpc) is 2.89. The third kappa shape index (κ3) is 4.06. The minimum absolute atomic E-state index is 0.0262. The molecule has 1 fully saturated rings. The number of hydrogen-bond donors (Lipinski definition) is 5. The lowest BCUT2D eigenvalue weighted by Gasteiger charge is -2.51. The number of nitrogens with zero attached hydrogens (tertiary/aromatic N) is 1. The van der Waals surface area contributed by atoms with Gasteiger partial charge in [0.25, 0.3) is 0 Å². The average molecular weight is 549 g/mol. The Morgan fingerprint density at radius 3 is 2.52 bits per heavy atom. The van der Waals surface area contributed by atoms with Crippen LogP contribution < -0.4 is 5.73 Å². The summed E-state index contributed by atoms with van der Waals surface area (Å²) in [5.41, 5.74) is 5.46. The number of primary amides is 1. The molecule has 0 spiro atoms. The zero-order chi connectivity index (χ0) is 29.1. The minimum atomic E-state index is -2.09. The molecule has 0 radical (unpaired) electrons. The van der Waals surface area contributed by atoms with Gasteiger partial charge in [-0.25, -0.2) is 4.79 Å². The lowest BCUT2D eigenvalue weighted by atomic mass is 9.57. The SMILES string of the molecule is CCOC(=O)c1cccc(-c2ccc(O)c3c2CC2CC4C(N(C)C)C(O)=C(C(N)=O)CC4(O)C(=O)C2=C3O)c1. The van der Waals surface area contributed by atoms with Crippen LogP contribution in [0.25, 0.3) is 16.9 Å². The summed E-state index contributed by atoms with van der Waals surface area (Å²) < 4.78 is 5.13. The molecule has 6 N–H and O–H groups in total. The van der Waals surface area contributed by atoms with E-state index < -0.39 is 53.3 Å². The summed E-state index contributed by atoms with van der Waals surface area (Å²) in [6, 6.07) is 9.05. The molecule has 0 saturated heterocycles. The van der Waals surface area contributed by atoms with E-state index in [1.807, 2.05) is 0 Å². The number of carbonyl (C=O) groups is 3. The number of aliphatic hydroxyl groups is 3. The van der Waals surface area contributed by atoms with Crippen molar-refractivity contribution in [3.8, 4) is 16.9 Å². The molecule has 10 heteroatoms. The first-order valence-corrected chi connectivity index (χ1v) is 13.1. The second-order valence-corrected chi connectivity index (χ2v) is 10.9. The number of benzene rings is 2. The number of Topliss-reactive ketones (excluding diaryl/α,β-unsaturated/α-hetero) is 1. The third-order valence-corrected chi connectivity index (χ3v) is 8.39. The fourth-order valence-electron chi connectivity index (χ4n) is 6.63. The number of hydrogen-bond acceptors (Lipinski definition) is 9. The van der Waals surface area contributed by atoms with Crippen LogP contribution in [0.15, 0.2) is 53.3 Å². The van der Waals surface area contributed by atoms with Crippen LogP contribution >= 0.6 is 0 Å². The van der Waals surface area contributed by atoms with E-state index in [4.69, 9.17) is 10.5 Å². The highest BCUT2D eigenvalue weighted by molar-refractivity contribution is 6.10. The normalized spacial score (nSPS) is 25.8. The van der Waals surface area contributed by atoms with Crippen LogP contribution in [0.4, 0.5) is 0 Å². The van der Waals surface area contributed by atoms with Gasteiger partial charge in [0.05, 0.1) is 29.3 Å². The van der Waals surface area contributed by atoms with E-state index in [1.54, 1.807) is 56.3 Å². The van der Waals surface area contributed by atoms with E-state index in [1.165, 1.54) is 6.07 Å². The highest BCUT2D eigenvalue weighted by atomic mass is 16.5. The molecule has 4 atom stereocenters. The topological polar surface area (TPSA) is 171 Å². The van der Waals surface area contributed by atoms with Gasteiger partial charge in [0.1, 0.15) is 22.9 Å². The molecule has 3 aliphatic carbocycles. The van der Waals surface area contributed by atoms with Crippen molar-refractivity contribution >= 4 is 23.4 Å². The number of esters is 1. The number of phenolic OH excluding ortho intramolecular Hbond substituents is 1. The first kappa shape index (κ1) is 27.4. The summed E-state index contributed by atoms with van der Waals surface area (Å²) in [4.78, 5) is 40.1. The Labute approximate surface area is 231 Å². The summed E-state index contributed by atoms with van der Waals surface area (Å²) in [6.07, 6.45) is -0.0310. The van der Waals surface area contributed by atoms with E-state index in [9.17, 15) is 34.8 Å². The molecule has 1 amide bonds. The summed E-state index contributed by atoms with van der Waals surface area (Å²) in [5, 5.41) is 45.0. The molecule has 210 valence electrons. The van der Waals surface area contributed by atoms with E-state index in [0.717, 1.165) is 0 Å². The molecular weight excluding hydrogens is 516 g/mol. The number of aliphatic hydroxyl groups excluding tert-OH is 2. The van der Waals surface area contributed by atoms with Crippen molar-refractivity contribution in [2.24, 2.45) is 17.6 Å². The molecule has 40 heavy (non-hydrogen) atoms. The molecule has 2 aromatic carbocycles. The van der Waals surface area contributed by atoms with Gasteiger partial charge < -0.3 is 30.9 Å². The lowest BCUT2D eigenvalue weighted by Crippen LogP contribution is -2.62. The molecule has 2 aromatic rings. The Bertz CT molecular complexity index is 1510. The molecule has 1 saturated carbocycles. The molecule has 0 heterocycles. The summed E-state index contributed by atoms with van der Waals surface area (Å²) >= 11 is 0. The lowest BCUT2D eigenvalue weighted by molar-refractivity contribution is -0.151. The monoisotopic (exact) mass is 548 g/mol. The Balaban J connectivity index is 1.65. The number of carbonyl (C=O) groups excluding carboxylic acids is 3. The number of rotatable bonds is 5. The predicted octanol–water partition coefficient (Wildman–Crippen LogP) is 2.63. The van der Waals surface area contributed by atoms with Crippen molar-refractivity contribution in [1.82, 2.24) is 4.90 Å². The molecule has 4 unspecified atom stereocenters. The number of nitrogens with two attached hydrogens (primary N) is 1. The maximum absolute atomic E-state index is 14.0. The molecule has 3 aliphatic rings. The van der Waals surface area contributed by atoms with Gasteiger partial charge in [0, 0.05) is 17.9 Å². The highest BCUT2D eigenvalue weighted by Gasteiger charge is 2.60. The Kier molecular flexibility index (Phi) is 6.71. The first-order valence-electron chi connectivity index (χ1n) is 13.1. The van der Waals surface area contributed by atoms with Gasteiger partial charge in [-0.05, 0) is 74.7 Å². The van der Waals surface area contributed by atoms with E-state index in [2.05, 4.69) is 0 Å². The smallest absolute Gasteiger partial charge is 0.338 e. The highest BCUT2D eigenvalue weighted by Crippen LogP contribution is 2.53. The van der Waals surface area contributed by atoms with E-state index >= 15 is 0 Å². The number of phenols is 1. The number of likely N-dealkylation sites (N-methyl/N-ethyl adjacent to an activating group) is 1. The van der Waals surface area contributed by atoms with E-state index in [-0.39, 0.29) is 47.7 Å². The zero-order valence-electron chi connectivity index (χ0n) is 22.5. The standard InChI is InChI=1S/C30H32N2O8/c1-4-40-29(38)15-7-5-6-14(10-15)17-8-9-21(33)23-18(17)11-16-12-20-24(32(2)3)25(34)19(28(31)37)13-30(20,39)27(36)22(16)26(23)35/h5-10,16,20,24,33-35,39H,4,11-13H2,1-3H3,(H2,31,37). The van der Waals surface area contributed by atoms with Crippen molar-refractivity contribution in [2.75, 3.05) is 20.7 Å². The van der Waals surface area contributed by atoms with Gasteiger partial charge in [0.2, 0.25) is 5.91 Å². The maximum atomic E-state index is 14.0. The molecular formula is C30H32N2O8. The quantitative estimate of drug-likeness (QED) is 0.352. The predicted molar refractivity (Wildman–Crippen MR) is 145 cm³/mol. The van der Waals surface area contributed by atoms with Crippen molar-refractivity contribution < 1.29 is 39.5 Å². The number of ether oxygens (including phenoxy) is 1. The number of amides is 1. The summed E-state index contributed by atoms with van der Waals surface area (Å²) in [5.74, 6) is -4.48. The molecule has 0 aliphatic heterocycles. The molecule has 0 bridgehead atoms. The van der Waals surface area contributed by atoms with E-state index in [0.29, 0.717) is 22.3 Å². The second-order valence-electron chi connectivity index (χ2n) is 10.9. The van der Waals surface area contributed by atoms with Gasteiger partial charge >= 0.3 is 5.97 Å². The Morgan fingerprint density at radius 1 is 1.15 bits per heavy atom.